The minimum Gasteiger partial charge on any atom is -0.444 e. The summed E-state index contributed by atoms with van der Waals surface area (Å²) in [4.78, 5) is 11.6. The van der Waals surface area contributed by atoms with Crippen molar-refractivity contribution in [2.45, 2.75) is 65.1 Å². The molecule has 0 saturated carbocycles. The molecule has 0 aromatic heterocycles. The van der Waals surface area contributed by atoms with Gasteiger partial charge in [0.1, 0.15) is 5.60 Å². The number of alkyl carbamates (subject to hydrolysis) is 1. The molecule has 0 rings (SSSR count). The number of amides is 1. The molecule has 2 N–H and O–H groups in total. The summed E-state index contributed by atoms with van der Waals surface area (Å²) in [6, 6.07) is 0.615. The molecule has 0 saturated heterocycles. The summed E-state index contributed by atoms with van der Waals surface area (Å²) in [5.74, 6) is 0. The van der Waals surface area contributed by atoms with Gasteiger partial charge in [-0.1, -0.05) is 6.92 Å². The van der Waals surface area contributed by atoms with Crippen LogP contribution < -0.4 is 10.6 Å². The molecule has 114 valence electrons. The SMILES string of the molecule is CCC(CNC(=O)OC(C)(C)C)NC(C)CCOC. The Morgan fingerprint density at radius 1 is 1.32 bits per heavy atom. The van der Waals surface area contributed by atoms with Crippen molar-refractivity contribution in [3.63, 3.8) is 0 Å². The minimum absolute atomic E-state index is 0.249. The van der Waals surface area contributed by atoms with Crippen LogP contribution in [-0.4, -0.2) is 44.0 Å². The van der Waals surface area contributed by atoms with E-state index in [2.05, 4.69) is 24.5 Å². The Morgan fingerprint density at radius 3 is 2.42 bits per heavy atom. The average Bonchev–Trinajstić information content (AvgIpc) is 2.29. The number of ether oxygens (including phenoxy) is 2. The molecular weight excluding hydrogens is 244 g/mol. The maximum Gasteiger partial charge on any atom is 0.407 e. The van der Waals surface area contributed by atoms with Crippen LogP contribution in [0.4, 0.5) is 4.79 Å². The summed E-state index contributed by atoms with van der Waals surface area (Å²) in [6.07, 6.45) is 1.55. The van der Waals surface area contributed by atoms with Gasteiger partial charge in [-0.25, -0.2) is 4.79 Å². The lowest BCUT2D eigenvalue weighted by molar-refractivity contribution is 0.0521. The first-order valence-corrected chi connectivity index (χ1v) is 7.00. The Bertz CT molecular complexity index is 252. The van der Waals surface area contributed by atoms with E-state index in [1.165, 1.54) is 0 Å². The fraction of sp³-hybridized carbons (Fsp3) is 0.929. The predicted molar refractivity (Wildman–Crippen MR) is 77.4 cm³/mol. The van der Waals surface area contributed by atoms with E-state index in [1.54, 1.807) is 7.11 Å². The molecule has 19 heavy (non-hydrogen) atoms. The molecule has 0 bridgehead atoms. The second-order valence-corrected chi connectivity index (χ2v) is 5.84. The van der Waals surface area contributed by atoms with Gasteiger partial charge in [-0.2, -0.15) is 0 Å². The van der Waals surface area contributed by atoms with Crippen molar-refractivity contribution in [1.29, 1.82) is 0 Å². The smallest absolute Gasteiger partial charge is 0.407 e. The molecule has 0 heterocycles. The van der Waals surface area contributed by atoms with Crippen LogP contribution in [0.15, 0.2) is 0 Å². The van der Waals surface area contributed by atoms with Gasteiger partial charge in [0.15, 0.2) is 0 Å². The number of rotatable bonds is 8. The van der Waals surface area contributed by atoms with E-state index in [4.69, 9.17) is 9.47 Å². The minimum atomic E-state index is -0.453. The van der Waals surface area contributed by atoms with Crippen LogP contribution in [0.1, 0.15) is 47.5 Å². The van der Waals surface area contributed by atoms with Crippen LogP contribution in [0.3, 0.4) is 0 Å². The van der Waals surface area contributed by atoms with E-state index in [-0.39, 0.29) is 12.1 Å². The van der Waals surface area contributed by atoms with Crippen molar-refractivity contribution >= 4 is 6.09 Å². The fourth-order valence-electron chi connectivity index (χ4n) is 1.62. The lowest BCUT2D eigenvalue weighted by atomic mass is 10.1. The van der Waals surface area contributed by atoms with Crippen LogP contribution in [0.25, 0.3) is 0 Å². The first kappa shape index (κ1) is 18.2. The molecule has 2 atom stereocenters. The van der Waals surface area contributed by atoms with Crippen molar-refractivity contribution in [3.05, 3.63) is 0 Å². The average molecular weight is 274 g/mol. The molecule has 0 aromatic rings. The third-order valence-electron chi connectivity index (χ3n) is 2.66. The largest absolute Gasteiger partial charge is 0.444 e. The van der Waals surface area contributed by atoms with E-state index in [1.807, 2.05) is 20.8 Å². The highest BCUT2D eigenvalue weighted by Gasteiger charge is 2.17. The maximum absolute atomic E-state index is 11.6. The van der Waals surface area contributed by atoms with Crippen LogP contribution in [-0.2, 0) is 9.47 Å². The number of hydrogen-bond donors (Lipinski definition) is 2. The second kappa shape index (κ2) is 9.15. The Kier molecular flexibility index (Phi) is 8.76. The summed E-state index contributed by atoms with van der Waals surface area (Å²) in [7, 11) is 1.70. The Hall–Kier alpha value is -0.810. The van der Waals surface area contributed by atoms with Gasteiger partial charge < -0.3 is 20.1 Å². The highest BCUT2D eigenvalue weighted by molar-refractivity contribution is 5.67. The number of methoxy groups -OCH3 is 1. The number of carbonyl (C=O) groups is 1. The first-order chi connectivity index (χ1) is 8.78. The molecule has 0 radical (unpaired) electrons. The number of nitrogens with one attached hydrogen (secondary N) is 2. The molecule has 0 spiro atoms. The van der Waals surface area contributed by atoms with Crippen molar-refractivity contribution < 1.29 is 14.3 Å². The standard InChI is InChI=1S/C14H30N2O3/c1-7-12(16-11(2)8-9-18-6)10-15-13(17)19-14(3,4)5/h11-12,16H,7-10H2,1-6H3,(H,15,17). The Balaban J connectivity index is 3.96. The van der Waals surface area contributed by atoms with Crippen molar-refractivity contribution in [2.75, 3.05) is 20.3 Å². The van der Waals surface area contributed by atoms with E-state index < -0.39 is 5.60 Å². The Morgan fingerprint density at radius 2 is 1.95 bits per heavy atom. The lowest BCUT2D eigenvalue weighted by Gasteiger charge is -2.24. The molecule has 0 fully saturated rings. The summed E-state index contributed by atoms with van der Waals surface area (Å²) < 4.78 is 10.3. The van der Waals surface area contributed by atoms with Crippen LogP contribution in [0.5, 0.6) is 0 Å². The number of carbonyl (C=O) groups excluding carboxylic acids is 1. The topological polar surface area (TPSA) is 59.6 Å². The molecule has 5 nitrogen and oxygen atoms in total. The fourth-order valence-corrected chi connectivity index (χ4v) is 1.62. The highest BCUT2D eigenvalue weighted by atomic mass is 16.6. The maximum atomic E-state index is 11.6. The molecule has 1 amide bonds. The summed E-state index contributed by atoms with van der Waals surface area (Å²) in [5, 5.41) is 6.27. The zero-order valence-corrected chi connectivity index (χ0v) is 13.2. The molecule has 2 unspecified atom stereocenters. The first-order valence-electron chi connectivity index (χ1n) is 7.00. The normalized spacial score (nSPS) is 14.8. The van der Waals surface area contributed by atoms with Gasteiger partial charge in [0, 0.05) is 32.3 Å². The van der Waals surface area contributed by atoms with Crippen molar-refractivity contribution in [1.82, 2.24) is 10.6 Å². The van der Waals surface area contributed by atoms with E-state index in [0.717, 1.165) is 19.4 Å². The zero-order valence-electron chi connectivity index (χ0n) is 13.2. The van der Waals surface area contributed by atoms with Crippen LogP contribution >= 0.6 is 0 Å². The second-order valence-electron chi connectivity index (χ2n) is 5.84. The molecule has 0 aliphatic rings. The molecular formula is C14H30N2O3. The monoisotopic (exact) mass is 274 g/mol. The lowest BCUT2D eigenvalue weighted by Crippen LogP contribution is -2.45. The van der Waals surface area contributed by atoms with Crippen LogP contribution in [0, 0.1) is 0 Å². The molecule has 0 aliphatic heterocycles. The van der Waals surface area contributed by atoms with Gasteiger partial charge in [0.2, 0.25) is 0 Å². The summed E-state index contributed by atoms with van der Waals surface area (Å²) >= 11 is 0. The third-order valence-corrected chi connectivity index (χ3v) is 2.66. The quantitative estimate of drug-likeness (QED) is 0.713. The Labute approximate surface area is 117 Å². The van der Waals surface area contributed by atoms with Crippen molar-refractivity contribution in [3.8, 4) is 0 Å². The van der Waals surface area contributed by atoms with Gasteiger partial charge in [-0.15, -0.1) is 0 Å². The molecule has 0 aromatic carbocycles. The molecule has 0 aliphatic carbocycles. The molecule has 5 heteroatoms. The van der Waals surface area contributed by atoms with Crippen molar-refractivity contribution in [2.24, 2.45) is 0 Å². The number of hydrogen-bond acceptors (Lipinski definition) is 4. The summed E-state index contributed by atoms with van der Waals surface area (Å²) in [6.45, 7) is 11.1. The van der Waals surface area contributed by atoms with Gasteiger partial charge in [-0.3, -0.25) is 0 Å². The van der Waals surface area contributed by atoms with E-state index >= 15 is 0 Å². The van der Waals surface area contributed by atoms with Gasteiger partial charge in [-0.05, 0) is 40.5 Å². The van der Waals surface area contributed by atoms with Gasteiger partial charge >= 0.3 is 6.09 Å². The van der Waals surface area contributed by atoms with Gasteiger partial charge in [0.05, 0.1) is 0 Å². The summed E-state index contributed by atoms with van der Waals surface area (Å²) in [5.41, 5.74) is -0.453. The van der Waals surface area contributed by atoms with E-state index in [9.17, 15) is 4.79 Å². The third kappa shape index (κ3) is 10.8. The van der Waals surface area contributed by atoms with Crippen LogP contribution in [0.2, 0.25) is 0 Å². The van der Waals surface area contributed by atoms with Gasteiger partial charge in [0.25, 0.3) is 0 Å². The van der Waals surface area contributed by atoms with E-state index in [0.29, 0.717) is 12.6 Å². The predicted octanol–water partition coefficient (Wildman–Crippen LogP) is 2.30. The highest BCUT2D eigenvalue weighted by Crippen LogP contribution is 2.06. The zero-order chi connectivity index (χ0) is 14.9.